The lowest BCUT2D eigenvalue weighted by Crippen LogP contribution is -2.25. The highest BCUT2D eigenvalue weighted by molar-refractivity contribution is 5.94. The van der Waals surface area contributed by atoms with Gasteiger partial charge in [-0.2, -0.15) is 5.48 Å². The Morgan fingerprint density at radius 3 is 2.36 bits per heavy atom. The molecule has 2 aromatic carbocycles. The molecule has 0 fully saturated rings. The van der Waals surface area contributed by atoms with E-state index in [1.807, 2.05) is 32.0 Å². The van der Waals surface area contributed by atoms with Crippen LogP contribution in [0.25, 0.3) is 6.08 Å². The first-order chi connectivity index (χ1) is 13.7. The topological polar surface area (TPSA) is 73.9 Å². The number of hydrogen-bond donors (Lipinski definition) is 1. The van der Waals surface area contributed by atoms with Crippen LogP contribution in [0.15, 0.2) is 54.6 Å². The van der Waals surface area contributed by atoms with E-state index >= 15 is 0 Å². The Bertz CT molecular complexity index is 802. The average Bonchev–Trinajstić information content (AvgIpc) is 2.74. The summed E-state index contributed by atoms with van der Waals surface area (Å²) in [7, 11) is 0. The third-order valence-electron chi connectivity index (χ3n) is 3.59. The predicted molar refractivity (Wildman–Crippen MR) is 107 cm³/mol. The van der Waals surface area contributed by atoms with Crippen molar-refractivity contribution in [2.45, 2.75) is 26.7 Å². The molecule has 0 aliphatic carbocycles. The number of benzene rings is 2. The van der Waals surface area contributed by atoms with Crippen LogP contribution in [-0.4, -0.2) is 25.1 Å². The summed E-state index contributed by atoms with van der Waals surface area (Å²) in [5.74, 6) is 0.0198. The number of nitrogens with one attached hydrogen (secondary N) is 1. The molecular weight excluding hydrogens is 358 g/mol. The van der Waals surface area contributed by atoms with Crippen molar-refractivity contribution in [3.8, 4) is 11.5 Å². The molecule has 0 saturated heterocycles. The van der Waals surface area contributed by atoms with E-state index in [9.17, 15) is 9.59 Å². The lowest BCUT2D eigenvalue weighted by Gasteiger charge is -2.14. The van der Waals surface area contributed by atoms with Crippen molar-refractivity contribution < 1.29 is 23.9 Å². The first-order valence-electron chi connectivity index (χ1n) is 9.28. The minimum Gasteiger partial charge on any atom is -0.490 e. The fraction of sp³-hybridized carbons (Fsp3) is 0.273. The molecule has 0 unspecified atom stereocenters. The molecule has 0 spiro atoms. The second kappa shape index (κ2) is 11.4. The van der Waals surface area contributed by atoms with E-state index in [0.717, 1.165) is 12.8 Å². The van der Waals surface area contributed by atoms with Gasteiger partial charge in [0.25, 0.3) is 5.91 Å². The van der Waals surface area contributed by atoms with E-state index in [1.54, 1.807) is 36.4 Å². The SMILES string of the molecule is CCCOc1cccc(C=CC(=O)NOC(=O)c2ccccc2)c1OCCC. The Kier molecular flexibility index (Phi) is 8.59. The highest BCUT2D eigenvalue weighted by atomic mass is 16.7. The van der Waals surface area contributed by atoms with E-state index in [2.05, 4.69) is 5.48 Å². The summed E-state index contributed by atoms with van der Waals surface area (Å²) in [6.45, 7) is 5.15. The molecule has 0 heterocycles. The fourth-order valence-electron chi connectivity index (χ4n) is 2.28. The molecule has 0 aliphatic heterocycles. The minimum absolute atomic E-state index is 0.350. The Balaban J connectivity index is 2.03. The van der Waals surface area contributed by atoms with Crippen molar-refractivity contribution >= 4 is 18.0 Å². The van der Waals surface area contributed by atoms with E-state index in [-0.39, 0.29) is 0 Å². The summed E-state index contributed by atoms with van der Waals surface area (Å²) in [4.78, 5) is 28.6. The van der Waals surface area contributed by atoms with E-state index < -0.39 is 11.9 Å². The van der Waals surface area contributed by atoms with Crippen LogP contribution in [0, 0.1) is 0 Å². The number of rotatable bonds is 9. The molecule has 0 saturated carbocycles. The van der Waals surface area contributed by atoms with Crippen LogP contribution in [0.5, 0.6) is 11.5 Å². The van der Waals surface area contributed by atoms with Crippen LogP contribution >= 0.6 is 0 Å². The monoisotopic (exact) mass is 383 g/mol. The Labute approximate surface area is 165 Å². The van der Waals surface area contributed by atoms with Gasteiger partial charge in [0.15, 0.2) is 11.5 Å². The number of carbonyl (C=O) groups excluding carboxylic acids is 2. The zero-order chi connectivity index (χ0) is 20.2. The third-order valence-corrected chi connectivity index (χ3v) is 3.59. The van der Waals surface area contributed by atoms with Gasteiger partial charge in [0, 0.05) is 11.6 Å². The molecule has 1 amide bonds. The Morgan fingerprint density at radius 2 is 1.64 bits per heavy atom. The molecule has 148 valence electrons. The lowest BCUT2D eigenvalue weighted by atomic mass is 10.1. The molecule has 0 aliphatic rings. The maximum atomic E-state index is 12.0. The van der Waals surface area contributed by atoms with Crippen LogP contribution in [0.4, 0.5) is 0 Å². The van der Waals surface area contributed by atoms with Crippen molar-refractivity contribution in [3.63, 3.8) is 0 Å². The zero-order valence-corrected chi connectivity index (χ0v) is 16.1. The second-order valence-corrected chi connectivity index (χ2v) is 5.93. The van der Waals surface area contributed by atoms with E-state index in [0.29, 0.717) is 35.8 Å². The van der Waals surface area contributed by atoms with Crippen molar-refractivity contribution in [2.75, 3.05) is 13.2 Å². The molecular formula is C22H25NO5. The Morgan fingerprint density at radius 1 is 0.929 bits per heavy atom. The largest absolute Gasteiger partial charge is 0.490 e. The van der Waals surface area contributed by atoms with Crippen molar-refractivity contribution in [3.05, 3.63) is 65.7 Å². The maximum absolute atomic E-state index is 12.0. The number of para-hydroxylation sites is 1. The second-order valence-electron chi connectivity index (χ2n) is 5.93. The van der Waals surface area contributed by atoms with Crippen molar-refractivity contribution in [1.82, 2.24) is 5.48 Å². The molecule has 2 aromatic rings. The number of hydrogen-bond acceptors (Lipinski definition) is 5. The Hall–Kier alpha value is -3.28. The molecule has 1 N–H and O–H groups in total. The normalized spacial score (nSPS) is 10.5. The minimum atomic E-state index is -0.635. The first kappa shape index (κ1) is 21.0. The predicted octanol–water partition coefficient (Wildman–Crippen LogP) is 4.17. The van der Waals surface area contributed by atoms with Crippen LogP contribution in [0.2, 0.25) is 0 Å². The van der Waals surface area contributed by atoms with Crippen LogP contribution in [0.3, 0.4) is 0 Å². The highest BCUT2D eigenvalue weighted by Gasteiger charge is 2.11. The average molecular weight is 383 g/mol. The van der Waals surface area contributed by atoms with Gasteiger partial charge in [-0.25, -0.2) is 4.79 Å². The van der Waals surface area contributed by atoms with Crippen LogP contribution < -0.4 is 15.0 Å². The quantitative estimate of drug-likeness (QED) is 0.520. The van der Waals surface area contributed by atoms with Crippen LogP contribution in [-0.2, 0) is 9.63 Å². The molecule has 6 heteroatoms. The van der Waals surface area contributed by atoms with Gasteiger partial charge in [-0.3, -0.25) is 4.79 Å². The van der Waals surface area contributed by atoms with E-state index in [4.69, 9.17) is 14.3 Å². The van der Waals surface area contributed by atoms with E-state index in [1.165, 1.54) is 6.08 Å². The molecule has 0 radical (unpaired) electrons. The standard InChI is InChI=1S/C22H25NO5/c1-3-15-26-19-12-8-11-17(21(19)27-16-4-2)13-14-20(24)23-28-22(25)18-9-6-5-7-10-18/h5-14H,3-4,15-16H2,1-2H3,(H,23,24). The van der Waals surface area contributed by atoms with Gasteiger partial charge >= 0.3 is 5.97 Å². The number of amides is 1. The van der Waals surface area contributed by atoms with Gasteiger partial charge in [-0.1, -0.05) is 44.2 Å². The summed E-state index contributed by atoms with van der Waals surface area (Å²) >= 11 is 0. The third kappa shape index (κ3) is 6.46. The molecule has 0 aromatic heterocycles. The van der Waals surface area contributed by atoms with Crippen molar-refractivity contribution in [1.29, 1.82) is 0 Å². The van der Waals surface area contributed by atoms with Gasteiger partial charge in [0.2, 0.25) is 0 Å². The molecule has 28 heavy (non-hydrogen) atoms. The lowest BCUT2D eigenvalue weighted by molar-refractivity contribution is -0.124. The number of carbonyl (C=O) groups is 2. The summed E-state index contributed by atoms with van der Waals surface area (Å²) < 4.78 is 11.5. The number of hydroxylamine groups is 1. The summed E-state index contributed by atoms with van der Waals surface area (Å²) in [5, 5.41) is 0. The van der Waals surface area contributed by atoms with Crippen LogP contribution in [0.1, 0.15) is 42.6 Å². The zero-order valence-electron chi connectivity index (χ0n) is 16.1. The van der Waals surface area contributed by atoms with Gasteiger partial charge in [-0.15, -0.1) is 0 Å². The summed E-state index contributed by atoms with van der Waals surface area (Å²) in [5.41, 5.74) is 3.17. The van der Waals surface area contributed by atoms with Gasteiger partial charge in [0.05, 0.1) is 18.8 Å². The summed E-state index contributed by atoms with van der Waals surface area (Å²) in [6.07, 6.45) is 4.59. The molecule has 0 atom stereocenters. The van der Waals surface area contributed by atoms with Gasteiger partial charge in [-0.05, 0) is 37.1 Å². The maximum Gasteiger partial charge on any atom is 0.362 e. The fourth-order valence-corrected chi connectivity index (χ4v) is 2.28. The first-order valence-corrected chi connectivity index (χ1v) is 9.28. The molecule has 0 bridgehead atoms. The highest BCUT2D eigenvalue weighted by Crippen LogP contribution is 2.32. The van der Waals surface area contributed by atoms with Gasteiger partial charge in [0.1, 0.15) is 0 Å². The number of ether oxygens (including phenoxy) is 2. The smallest absolute Gasteiger partial charge is 0.362 e. The summed E-state index contributed by atoms with van der Waals surface area (Å²) in [6, 6.07) is 13.9. The molecule has 2 rings (SSSR count). The van der Waals surface area contributed by atoms with Crippen molar-refractivity contribution in [2.24, 2.45) is 0 Å². The van der Waals surface area contributed by atoms with Gasteiger partial charge < -0.3 is 14.3 Å². The molecule has 6 nitrogen and oxygen atoms in total.